The van der Waals surface area contributed by atoms with E-state index in [0.29, 0.717) is 0 Å². The largest absolute Gasteiger partial charge is 0.140 e. The SMILES string of the molecule is Bc1cccc2c(-c3cccc4c3sc3cccc(/C(C=C)=C/C=C(C)/C(C)=C/C=C\C)c34)c3ccccc3c(-c3ccccc3)c12. The van der Waals surface area contributed by atoms with E-state index in [-0.39, 0.29) is 0 Å². The van der Waals surface area contributed by atoms with Crippen molar-refractivity contribution in [2.45, 2.75) is 20.8 Å². The molecule has 0 N–H and O–H groups in total. The van der Waals surface area contributed by atoms with Gasteiger partial charge in [-0.15, -0.1) is 11.3 Å². The Kier molecular flexibility index (Phi) is 8.37. The van der Waals surface area contributed by atoms with Crippen LogP contribution in [0, 0.1) is 0 Å². The second-order valence-corrected chi connectivity index (χ2v) is 13.2. The number of benzene rings is 6. The Morgan fingerprint density at radius 3 is 2.06 bits per heavy atom. The molecule has 0 aliphatic carbocycles. The fourth-order valence-corrected chi connectivity index (χ4v) is 8.12. The monoisotopic (exact) mass is 620 g/mol. The molecule has 0 aliphatic heterocycles. The number of fused-ring (bicyclic) bond motifs is 5. The predicted octanol–water partition coefficient (Wildman–Crippen LogP) is 12.0. The van der Waals surface area contributed by atoms with E-state index in [1.165, 1.54) is 86.1 Å². The lowest BCUT2D eigenvalue weighted by Gasteiger charge is -2.19. The summed E-state index contributed by atoms with van der Waals surface area (Å²) < 4.78 is 2.60. The van der Waals surface area contributed by atoms with Crippen molar-refractivity contribution in [2.75, 3.05) is 0 Å². The van der Waals surface area contributed by atoms with Crippen LogP contribution >= 0.6 is 11.3 Å². The highest BCUT2D eigenvalue weighted by Crippen LogP contribution is 2.48. The van der Waals surface area contributed by atoms with Crippen LogP contribution in [0.4, 0.5) is 0 Å². The summed E-state index contributed by atoms with van der Waals surface area (Å²) in [7, 11) is 2.25. The zero-order valence-corrected chi connectivity index (χ0v) is 28.3. The van der Waals surface area contributed by atoms with Crippen LogP contribution in [0.15, 0.2) is 163 Å². The summed E-state index contributed by atoms with van der Waals surface area (Å²) in [6.07, 6.45) is 12.7. The van der Waals surface area contributed by atoms with Gasteiger partial charge in [-0.25, -0.2) is 0 Å². The molecule has 47 heavy (non-hydrogen) atoms. The Morgan fingerprint density at radius 1 is 0.638 bits per heavy atom. The first-order valence-electron chi connectivity index (χ1n) is 16.3. The highest BCUT2D eigenvalue weighted by atomic mass is 32.1. The van der Waals surface area contributed by atoms with Gasteiger partial charge < -0.3 is 0 Å². The molecule has 6 aromatic carbocycles. The maximum Gasteiger partial charge on any atom is 0.140 e. The molecule has 0 bridgehead atoms. The number of thiophene rings is 1. The van der Waals surface area contributed by atoms with E-state index >= 15 is 0 Å². The molecule has 7 rings (SSSR count). The molecule has 0 saturated carbocycles. The van der Waals surface area contributed by atoms with Crippen LogP contribution < -0.4 is 5.46 Å². The zero-order chi connectivity index (χ0) is 32.5. The van der Waals surface area contributed by atoms with E-state index in [9.17, 15) is 0 Å². The summed E-state index contributed by atoms with van der Waals surface area (Å²) >= 11 is 1.89. The zero-order valence-electron chi connectivity index (χ0n) is 27.5. The van der Waals surface area contributed by atoms with Crippen LogP contribution in [-0.2, 0) is 0 Å². The first-order valence-corrected chi connectivity index (χ1v) is 17.1. The van der Waals surface area contributed by atoms with E-state index in [4.69, 9.17) is 0 Å². The average molecular weight is 621 g/mol. The third-order valence-electron chi connectivity index (χ3n) is 9.32. The van der Waals surface area contributed by atoms with Crippen LogP contribution in [0.2, 0.25) is 0 Å². The fourth-order valence-electron chi connectivity index (χ4n) is 6.87. The third-order valence-corrected chi connectivity index (χ3v) is 10.5. The van der Waals surface area contributed by atoms with E-state index in [0.717, 1.165) is 5.57 Å². The lowest BCUT2D eigenvalue weighted by Crippen LogP contribution is -2.06. The Bertz CT molecular complexity index is 2450. The number of allylic oxidation sites excluding steroid dienone is 9. The molecule has 0 saturated heterocycles. The molecule has 0 amide bonds. The van der Waals surface area contributed by atoms with Gasteiger partial charge in [0.15, 0.2) is 0 Å². The van der Waals surface area contributed by atoms with Gasteiger partial charge in [0.25, 0.3) is 0 Å². The summed E-state index contributed by atoms with van der Waals surface area (Å²) in [5.74, 6) is 0. The van der Waals surface area contributed by atoms with Crippen molar-refractivity contribution in [1.29, 1.82) is 0 Å². The van der Waals surface area contributed by atoms with Crippen molar-refractivity contribution in [3.8, 4) is 22.3 Å². The van der Waals surface area contributed by atoms with Gasteiger partial charge in [-0.3, -0.25) is 0 Å². The van der Waals surface area contributed by atoms with Gasteiger partial charge in [0.2, 0.25) is 0 Å². The molecule has 7 aromatic rings. The Balaban J connectivity index is 1.52. The molecule has 0 atom stereocenters. The maximum atomic E-state index is 4.24. The number of hydrogen-bond acceptors (Lipinski definition) is 1. The highest BCUT2D eigenvalue weighted by molar-refractivity contribution is 7.26. The summed E-state index contributed by atoms with van der Waals surface area (Å²) in [4.78, 5) is 0. The van der Waals surface area contributed by atoms with Crippen molar-refractivity contribution in [1.82, 2.24) is 0 Å². The molecule has 0 fully saturated rings. The van der Waals surface area contributed by atoms with Crippen LogP contribution in [0.1, 0.15) is 26.3 Å². The summed E-state index contributed by atoms with van der Waals surface area (Å²) in [6, 6.07) is 40.1. The summed E-state index contributed by atoms with van der Waals surface area (Å²) in [6.45, 7) is 10.6. The van der Waals surface area contributed by atoms with Gasteiger partial charge in [-0.1, -0.05) is 152 Å². The van der Waals surface area contributed by atoms with Crippen molar-refractivity contribution in [3.63, 3.8) is 0 Å². The van der Waals surface area contributed by atoms with Crippen LogP contribution in [-0.4, -0.2) is 7.85 Å². The van der Waals surface area contributed by atoms with Crippen molar-refractivity contribution in [2.24, 2.45) is 0 Å². The number of rotatable bonds is 7. The molecule has 2 heteroatoms. The Labute approximate surface area is 282 Å². The van der Waals surface area contributed by atoms with E-state index < -0.39 is 0 Å². The van der Waals surface area contributed by atoms with Gasteiger partial charge >= 0.3 is 0 Å². The maximum absolute atomic E-state index is 4.24. The molecule has 0 nitrogen and oxygen atoms in total. The van der Waals surface area contributed by atoms with E-state index in [1.807, 2.05) is 24.3 Å². The minimum absolute atomic E-state index is 1.12. The molecule has 226 valence electrons. The molecular weight excluding hydrogens is 583 g/mol. The lowest BCUT2D eigenvalue weighted by molar-refractivity contribution is 1.34. The van der Waals surface area contributed by atoms with Gasteiger partial charge in [0, 0.05) is 25.7 Å². The molecule has 0 unspecified atom stereocenters. The first-order chi connectivity index (χ1) is 23.0. The lowest BCUT2D eigenvalue weighted by atomic mass is 9.80. The topological polar surface area (TPSA) is 0 Å². The highest BCUT2D eigenvalue weighted by Gasteiger charge is 2.21. The molecule has 0 radical (unpaired) electrons. The van der Waals surface area contributed by atoms with Crippen LogP contribution in [0.5, 0.6) is 0 Å². The average Bonchev–Trinajstić information content (AvgIpc) is 3.50. The second-order valence-electron chi connectivity index (χ2n) is 12.2. The van der Waals surface area contributed by atoms with Gasteiger partial charge in [-0.2, -0.15) is 0 Å². The van der Waals surface area contributed by atoms with E-state index in [2.05, 4.69) is 168 Å². The van der Waals surface area contributed by atoms with Gasteiger partial charge in [0.05, 0.1) is 0 Å². The molecule has 0 aliphatic rings. The summed E-state index contributed by atoms with van der Waals surface area (Å²) in [5, 5.41) is 7.76. The van der Waals surface area contributed by atoms with Crippen LogP contribution in [0.25, 0.3) is 69.5 Å². The minimum Gasteiger partial charge on any atom is -0.135 e. The second kappa shape index (κ2) is 12.9. The third kappa shape index (κ3) is 5.39. The van der Waals surface area contributed by atoms with Crippen LogP contribution in [0.3, 0.4) is 0 Å². The van der Waals surface area contributed by atoms with Gasteiger partial charge in [0.1, 0.15) is 7.85 Å². The quantitative estimate of drug-likeness (QED) is 0.0945. The molecule has 1 heterocycles. The smallest absolute Gasteiger partial charge is 0.135 e. The normalized spacial score (nSPS) is 13.0. The van der Waals surface area contributed by atoms with Crippen molar-refractivity contribution in [3.05, 3.63) is 169 Å². The molecule has 1 aromatic heterocycles. The van der Waals surface area contributed by atoms with Crippen molar-refractivity contribution < 1.29 is 0 Å². The fraction of sp³-hybridized carbons (Fsp3) is 0.0667. The minimum atomic E-state index is 1.12. The predicted molar refractivity (Wildman–Crippen MR) is 214 cm³/mol. The Hall–Kier alpha value is -5.18. The van der Waals surface area contributed by atoms with Gasteiger partial charge in [-0.05, 0) is 87.4 Å². The number of hydrogen-bond donors (Lipinski definition) is 0. The standard InChI is InChI=1S/C45H37BS/c1-5-7-16-29(3)30(4)27-28-31(6-2)33-21-15-26-40-43(33)38-24-13-23-37(45(38)47-40)42-35-20-12-11-19-34(35)41(32-17-9-8-10-18-32)44-36(42)22-14-25-39(44)46/h5-28H,2,46H2,1,3-4H3/b7-5-,29-16+,30-27+,31-28+. The molecular formula is C45H37BS. The first kappa shape index (κ1) is 30.5. The summed E-state index contributed by atoms with van der Waals surface area (Å²) in [5.41, 5.74) is 11.3. The van der Waals surface area contributed by atoms with Crippen molar-refractivity contribution >= 4 is 71.9 Å². The molecule has 0 spiro atoms. The Morgan fingerprint density at radius 2 is 1.30 bits per heavy atom. The van der Waals surface area contributed by atoms with E-state index in [1.54, 1.807) is 0 Å².